The Morgan fingerprint density at radius 2 is 1.90 bits per heavy atom. The van der Waals surface area contributed by atoms with Crippen LogP contribution in [0, 0.1) is 11.6 Å². The number of aromatic nitrogens is 2. The lowest BCUT2D eigenvalue weighted by Gasteiger charge is -2.21. The molecule has 0 radical (unpaired) electrons. The molecule has 1 aliphatic rings. The molecule has 0 bridgehead atoms. The molecule has 3 aromatic rings. The number of nitrogens with zero attached hydrogens (tertiary/aromatic N) is 4. The molecule has 1 aromatic heterocycles. The van der Waals surface area contributed by atoms with Gasteiger partial charge >= 0.3 is 0 Å². The van der Waals surface area contributed by atoms with Crippen LogP contribution in [0.15, 0.2) is 53.1 Å². The summed E-state index contributed by atoms with van der Waals surface area (Å²) >= 11 is 0. The average Bonchev–Trinajstić information content (AvgIpc) is 3.07. The monoisotopic (exact) mass is 412 g/mol. The van der Waals surface area contributed by atoms with E-state index in [-0.39, 0.29) is 24.0 Å². The summed E-state index contributed by atoms with van der Waals surface area (Å²) in [5, 5.41) is 3.94. The molecule has 0 saturated carbocycles. The van der Waals surface area contributed by atoms with Crippen molar-refractivity contribution in [1.82, 2.24) is 19.9 Å². The molecule has 0 aliphatic carbocycles. The molecule has 156 valence electrons. The molecular weight excluding hydrogens is 390 g/mol. The highest BCUT2D eigenvalue weighted by molar-refractivity contribution is 5.78. The molecule has 8 heteroatoms. The van der Waals surface area contributed by atoms with Crippen LogP contribution in [0.25, 0.3) is 11.4 Å². The minimum atomic E-state index is -0.355. The van der Waals surface area contributed by atoms with Crippen molar-refractivity contribution in [2.75, 3.05) is 26.2 Å². The maximum absolute atomic E-state index is 13.8. The third kappa shape index (κ3) is 4.88. The van der Waals surface area contributed by atoms with E-state index in [9.17, 15) is 13.6 Å². The topological polar surface area (TPSA) is 62.5 Å². The van der Waals surface area contributed by atoms with Crippen LogP contribution in [0.1, 0.15) is 17.9 Å². The fraction of sp³-hybridized carbons (Fsp3) is 0.318. The molecule has 0 N–H and O–H groups in total. The summed E-state index contributed by atoms with van der Waals surface area (Å²) in [6, 6.07) is 12.4. The first-order valence-corrected chi connectivity index (χ1v) is 9.90. The van der Waals surface area contributed by atoms with Crippen molar-refractivity contribution in [2.24, 2.45) is 0 Å². The van der Waals surface area contributed by atoms with E-state index < -0.39 is 0 Å². The van der Waals surface area contributed by atoms with Gasteiger partial charge in [-0.3, -0.25) is 9.69 Å². The average molecular weight is 412 g/mol. The van der Waals surface area contributed by atoms with Gasteiger partial charge in [0.1, 0.15) is 11.6 Å². The third-order valence-corrected chi connectivity index (χ3v) is 5.15. The molecule has 6 nitrogen and oxygen atoms in total. The summed E-state index contributed by atoms with van der Waals surface area (Å²) < 4.78 is 32.5. The van der Waals surface area contributed by atoms with Crippen molar-refractivity contribution in [3.05, 3.63) is 71.6 Å². The maximum Gasteiger partial charge on any atom is 0.241 e. The zero-order valence-electron chi connectivity index (χ0n) is 16.4. The predicted octanol–water partition coefficient (Wildman–Crippen LogP) is 3.29. The van der Waals surface area contributed by atoms with Crippen molar-refractivity contribution >= 4 is 5.91 Å². The molecule has 4 rings (SSSR count). The van der Waals surface area contributed by atoms with E-state index in [1.54, 1.807) is 35.2 Å². The molecule has 0 unspecified atom stereocenters. The fourth-order valence-corrected chi connectivity index (χ4v) is 3.55. The van der Waals surface area contributed by atoms with Gasteiger partial charge in [0.25, 0.3) is 0 Å². The van der Waals surface area contributed by atoms with Crippen molar-refractivity contribution in [3.8, 4) is 11.4 Å². The Morgan fingerprint density at radius 3 is 2.73 bits per heavy atom. The molecule has 1 saturated heterocycles. The lowest BCUT2D eigenvalue weighted by atomic mass is 10.1. The maximum atomic E-state index is 13.8. The van der Waals surface area contributed by atoms with Gasteiger partial charge in [-0.15, -0.1) is 0 Å². The Labute approximate surface area is 173 Å². The summed E-state index contributed by atoms with van der Waals surface area (Å²) in [5.41, 5.74) is 0.977. The zero-order valence-corrected chi connectivity index (χ0v) is 16.4. The quantitative estimate of drug-likeness (QED) is 0.644. The first-order chi connectivity index (χ1) is 14.6. The van der Waals surface area contributed by atoms with E-state index in [0.717, 1.165) is 13.0 Å². The highest BCUT2D eigenvalue weighted by Gasteiger charge is 2.21. The smallest absolute Gasteiger partial charge is 0.241 e. The summed E-state index contributed by atoms with van der Waals surface area (Å²) in [5.74, 6) is 0.00819. The van der Waals surface area contributed by atoms with Crippen LogP contribution in [0.2, 0.25) is 0 Å². The summed E-state index contributed by atoms with van der Waals surface area (Å²) in [7, 11) is 0. The van der Waals surface area contributed by atoms with Crippen LogP contribution in [0.3, 0.4) is 0 Å². The van der Waals surface area contributed by atoms with Crippen LogP contribution in [0.4, 0.5) is 8.78 Å². The van der Waals surface area contributed by atoms with Gasteiger partial charge in [0.2, 0.25) is 17.6 Å². The summed E-state index contributed by atoms with van der Waals surface area (Å²) in [6.07, 6.45) is 0.862. The fourth-order valence-electron chi connectivity index (χ4n) is 3.55. The van der Waals surface area contributed by atoms with Crippen molar-refractivity contribution in [1.29, 1.82) is 0 Å². The van der Waals surface area contributed by atoms with Crippen LogP contribution < -0.4 is 0 Å². The Balaban J connectivity index is 1.33. The highest BCUT2D eigenvalue weighted by atomic mass is 19.1. The van der Waals surface area contributed by atoms with Crippen molar-refractivity contribution in [3.63, 3.8) is 0 Å². The Kier molecular flexibility index (Phi) is 6.13. The van der Waals surface area contributed by atoms with Crippen molar-refractivity contribution in [2.45, 2.75) is 19.4 Å². The van der Waals surface area contributed by atoms with E-state index in [2.05, 4.69) is 15.0 Å². The molecule has 1 amide bonds. The number of hydrogen-bond acceptors (Lipinski definition) is 5. The third-order valence-electron chi connectivity index (χ3n) is 5.15. The van der Waals surface area contributed by atoms with Gasteiger partial charge in [-0.25, -0.2) is 8.78 Å². The first kappa shape index (κ1) is 20.2. The normalized spacial score (nSPS) is 15.2. The van der Waals surface area contributed by atoms with Gasteiger partial charge in [-0.2, -0.15) is 4.98 Å². The minimum absolute atomic E-state index is 0.0628. The largest absolute Gasteiger partial charge is 0.341 e. The number of carbonyl (C=O) groups is 1. The van der Waals surface area contributed by atoms with Crippen LogP contribution in [-0.2, 0) is 17.8 Å². The number of halogens is 2. The SMILES string of the molecule is O=C(Cc1ccccc1F)N1CCCN(Cc2nc(-c3cccc(F)c3)no2)CC1. The van der Waals surface area contributed by atoms with E-state index in [1.165, 1.54) is 18.2 Å². The van der Waals surface area contributed by atoms with E-state index in [0.29, 0.717) is 49.0 Å². The van der Waals surface area contributed by atoms with Gasteiger partial charge in [0, 0.05) is 31.7 Å². The van der Waals surface area contributed by atoms with Crippen LogP contribution >= 0.6 is 0 Å². The number of benzene rings is 2. The van der Waals surface area contributed by atoms with E-state index in [4.69, 9.17) is 4.52 Å². The molecule has 30 heavy (non-hydrogen) atoms. The minimum Gasteiger partial charge on any atom is -0.341 e. The predicted molar refractivity (Wildman–Crippen MR) is 106 cm³/mol. The molecular formula is C22H22F2N4O2. The summed E-state index contributed by atoms with van der Waals surface area (Å²) in [6.45, 7) is 3.07. The molecule has 2 heterocycles. The van der Waals surface area contributed by atoms with Gasteiger partial charge < -0.3 is 9.42 Å². The Bertz CT molecular complexity index is 1020. The lowest BCUT2D eigenvalue weighted by molar-refractivity contribution is -0.130. The molecule has 0 atom stereocenters. The zero-order chi connectivity index (χ0) is 20.9. The number of amides is 1. The second kappa shape index (κ2) is 9.13. The number of carbonyl (C=O) groups excluding carboxylic acids is 1. The highest BCUT2D eigenvalue weighted by Crippen LogP contribution is 2.18. The number of hydrogen-bond donors (Lipinski definition) is 0. The Morgan fingerprint density at radius 1 is 1.03 bits per heavy atom. The van der Waals surface area contributed by atoms with Gasteiger partial charge in [0.05, 0.1) is 13.0 Å². The summed E-state index contributed by atoms with van der Waals surface area (Å²) in [4.78, 5) is 20.9. The van der Waals surface area contributed by atoms with Gasteiger partial charge in [-0.05, 0) is 30.2 Å². The van der Waals surface area contributed by atoms with Gasteiger partial charge in [0.15, 0.2) is 0 Å². The van der Waals surface area contributed by atoms with E-state index >= 15 is 0 Å². The van der Waals surface area contributed by atoms with Crippen LogP contribution in [0.5, 0.6) is 0 Å². The van der Waals surface area contributed by atoms with Gasteiger partial charge in [-0.1, -0.05) is 35.5 Å². The lowest BCUT2D eigenvalue weighted by Crippen LogP contribution is -2.36. The molecule has 2 aromatic carbocycles. The number of rotatable bonds is 5. The standard InChI is InChI=1S/C22H22F2N4O2/c23-18-7-3-6-17(13-18)22-25-20(30-26-22)15-27-9-4-10-28(12-11-27)21(29)14-16-5-1-2-8-19(16)24/h1-3,5-8,13H,4,9-12,14-15H2. The second-order valence-corrected chi connectivity index (χ2v) is 7.30. The van der Waals surface area contributed by atoms with Crippen molar-refractivity contribution < 1.29 is 18.1 Å². The Hall–Kier alpha value is -3.13. The molecule has 1 aliphatic heterocycles. The van der Waals surface area contributed by atoms with Crippen LogP contribution in [-0.4, -0.2) is 52.0 Å². The molecule has 1 fully saturated rings. The first-order valence-electron chi connectivity index (χ1n) is 9.90. The molecule has 0 spiro atoms. The van der Waals surface area contributed by atoms with E-state index in [1.807, 2.05) is 0 Å². The second-order valence-electron chi connectivity index (χ2n) is 7.30.